The molecule has 0 spiro atoms. The topological polar surface area (TPSA) is 97.4 Å². The van der Waals surface area contributed by atoms with Crippen LogP contribution in [-0.2, 0) is 5.41 Å². The second-order valence-corrected chi connectivity index (χ2v) is 8.48. The molecule has 2 N–H and O–H groups in total. The minimum Gasteiger partial charge on any atom is -0.399 e. The Balaban J connectivity index is 2.24. The van der Waals surface area contributed by atoms with Crippen LogP contribution in [0.2, 0.25) is 0 Å². The molecule has 3 rings (SSSR count). The molecule has 0 aliphatic heterocycles. The molecule has 0 unspecified atom stereocenters. The molecule has 0 amide bonds. The average Bonchev–Trinajstić information content (AvgIpc) is 2.66. The predicted molar refractivity (Wildman–Crippen MR) is 104 cm³/mol. The van der Waals surface area contributed by atoms with E-state index in [1.165, 1.54) is 5.56 Å². The molecule has 0 aromatic heterocycles. The number of hydrogen-bond donors (Lipinski definition) is 1. The molecule has 0 fully saturated rings. The lowest BCUT2D eigenvalue weighted by molar-refractivity contribution is 0.317. The van der Waals surface area contributed by atoms with Crippen LogP contribution in [0.4, 0.5) is 0 Å². The Labute approximate surface area is 161 Å². The maximum atomic E-state index is 10.0. The molecule has 0 bridgehead atoms. The highest BCUT2D eigenvalue weighted by Gasteiger charge is 2.53. The second kappa shape index (κ2) is 6.61. The van der Waals surface area contributed by atoms with E-state index in [0.717, 1.165) is 30.4 Å². The monoisotopic (exact) mass is 356 g/mol. The SMILES string of the molecule is CC(C)(C)c1ccc([C@H]2[C@H]3CCCC=C3C(C#N)=C(N)C2(C#N)C#N)cc1. The Kier molecular flexibility index (Phi) is 4.59. The Hall–Kier alpha value is -3.03. The zero-order chi connectivity index (χ0) is 19.8. The smallest absolute Gasteiger partial charge is 0.191 e. The second-order valence-electron chi connectivity index (χ2n) is 8.48. The van der Waals surface area contributed by atoms with Crippen LogP contribution in [0.25, 0.3) is 0 Å². The fraction of sp³-hybridized carbons (Fsp3) is 0.435. The number of nitrogens with zero attached hydrogens (tertiary/aromatic N) is 3. The van der Waals surface area contributed by atoms with E-state index in [1.54, 1.807) is 0 Å². The minimum absolute atomic E-state index is 0.0233. The molecule has 2 atom stereocenters. The van der Waals surface area contributed by atoms with E-state index in [2.05, 4.69) is 57.2 Å². The maximum absolute atomic E-state index is 10.0. The molecule has 1 aromatic rings. The van der Waals surface area contributed by atoms with Gasteiger partial charge in [-0.2, -0.15) is 15.8 Å². The number of allylic oxidation sites excluding steroid dienone is 4. The summed E-state index contributed by atoms with van der Waals surface area (Å²) >= 11 is 0. The van der Waals surface area contributed by atoms with Gasteiger partial charge < -0.3 is 5.73 Å². The van der Waals surface area contributed by atoms with Crippen molar-refractivity contribution >= 4 is 0 Å². The van der Waals surface area contributed by atoms with Crippen LogP contribution in [0.3, 0.4) is 0 Å². The number of benzene rings is 1. The normalized spacial score (nSPS) is 24.1. The van der Waals surface area contributed by atoms with Gasteiger partial charge in [0.2, 0.25) is 0 Å². The molecule has 1 aromatic carbocycles. The fourth-order valence-electron chi connectivity index (χ4n) is 4.44. The quantitative estimate of drug-likeness (QED) is 0.796. The highest BCUT2D eigenvalue weighted by atomic mass is 14.7. The highest BCUT2D eigenvalue weighted by Crippen LogP contribution is 2.55. The van der Waals surface area contributed by atoms with E-state index in [9.17, 15) is 15.8 Å². The predicted octanol–water partition coefficient (Wildman–Crippen LogP) is 4.58. The van der Waals surface area contributed by atoms with E-state index in [-0.39, 0.29) is 22.9 Å². The molecule has 4 nitrogen and oxygen atoms in total. The number of nitrogens with two attached hydrogens (primary N) is 1. The van der Waals surface area contributed by atoms with Gasteiger partial charge in [0, 0.05) is 5.92 Å². The number of hydrogen-bond acceptors (Lipinski definition) is 4. The van der Waals surface area contributed by atoms with Crippen molar-refractivity contribution in [3.05, 3.63) is 58.3 Å². The first-order valence-corrected chi connectivity index (χ1v) is 9.34. The Morgan fingerprint density at radius 2 is 1.70 bits per heavy atom. The summed E-state index contributed by atoms with van der Waals surface area (Å²) in [6.45, 7) is 6.46. The Bertz CT molecular complexity index is 923. The molecule has 0 saturated heterocycles. The Morgan fingerprint density at radius 1 is 1.07 bits per heavy atom. The lowest BCUT2D eigenvalue weighted by Crippen LogP contribution is -2.42. The summed E-state index contributed by atoms with van der Waals surface area (Å²) in [5.74, 6) is -0.411. The number of fused-ring (bicyclic) bond motifs is 1. The average molecular weight is 356 g/mol. The molecule has 27 heavy (non-hydrogen) atoms. The summed E-state index contributed by atoms with van der Waals surface area (Å²) in [7, 11) is 0. The van der Waals surface area contributed by atoms with Crippen LogP contribution in [0.5, 0.6) is 0 Å². The van der Waals surface area contributed by atoms with Crippen LogP contribution >= 0.6 is 0 Å². The highest BCUT2D eigenvalue weighted by molar-refractivity contribution is 5.59. The molecular formula is C23H24N4. The van der Waals surface area contributed by atoms with Crippen molar-refractivity contribution in [1.82, 2.24) is 0 Å². The first kappa shape index (κ1) is 18.8. The third kappa shape index (κ3) is 2.81. The molecular weight excluding hydrogens is 332 g/mol. The van der Waals surface area contributed by atoms with Crippen LogP contribution in [-0.4, -0.2) is 0 Å². The van der Waals surface area contributed by atoms with Gasteiger partial charge in [-0.1, -0.05) is 51.1 Å². The molecule has 136 valence electrons. The standard InChI is InChI=1S/C23H24N4/c1-22(2,3)16-10-8-15(9-11-16)20-18-7-5-4-6-17(18)19(12-24)21(27)23(20,13-25)14-26/h6,8-11,18,20H,4-5,7,27H2,1-3H3/t18-,20-/m0/s1. The van der Waals surface area contributed by atoms with Crippen molar-refractivity contribution in [1.29, 1.82) is 15.8 Å². The summed E-state index contributed by atoms with van der Waals surface area (Å²) in [6.07, 6.45) is 4.79. The van der Waals surface area contributed by atoms with Gasteiger partial charge in [0.25, 0.3) is 0 Å². The molecule has 4 heteroatoms. The third-order valence-electron chi connectivity index (χ3n) is 5.94. The summed E-state index contributed by atoms with van der Waals surface area (Å²) < 4.78 is 0. The fourth-order valence-corrected chi connectivity index (χ4v) is 4.44. The van der Waals surface area contributed by atoms with Gasteiger partial charge in [-0.25, -0.2) is 0 Å². The van der Waals surface area contributed by atoms with Crippen molar-refractivity contribution in [2.24, 2.45) is 17.1 Å². The van der Waals surface area contributed by atoms with Gasteiger partial charge in [0.1, 0.15) is 6.07 Å². The zero-order valence-corrected chi connectivity index (χ0v) is 16.1. The summed E-state index contributed by atoms with van der Waals surface area (Å²) in [5, 5.41) is 29.7. The number of rotatable bonds is 1. The van der Waals surface area contributed by atoms with Gasteiger partial charge in [-0.3, -0.25) is 0 Å². The van der Waals surface area contributed by atoms with Gasteiger partial charge in [0.05, 0.1) is 23.4 Å². The van der Waals surface area contributed by atoms with Crippen molar-refractivity contribution in [3.63, 3.8) is 0 Å². The Morgan fingerprint density at radius 3 is 2.22 bits per heavy atom. The molecule has 0 heterocycles. The van der Waals surface area contributed by atoms with Crippen LogP contribution in [0, 0.1) is 45.3 Å². The molecule has 0 saturated carbocycles. The number of nitriles is 3. The van der Waals surface area contributed by atoms with E-state index < -0.39 is 5.41 Å². The minimum atomic E-state index is -1.52. The summed E-state index contributed by atoms with van der Waals surface area (Å²) in [4.78, 5) is 0. The van der Waals surface area contributed by atoms with Crippen molar-refractivity contribution in [3.8, 4) is 18.2 Å². The first-order chi connectivity index (χ1) is 12.8. The largest absolute Gasteiger partial charge is 0.399 e. The lowest BCUT2D eigenvalue weighted by atomic mass is 9.56. The van der Waals surface area contributed by atoms with Crippen LogP contribution in [0.15, 0.2) is 47.2 Å². The third-order valence-corrected chi connectivity index (χ3v) is 5.94. The van der Waals surface area contributed by atoms with Crippen molar-refractivity contribution in [2.45, 2.75) is 51.4 Å². The molecule has 2 aliphatic rings. The zero-order valence-electron chi connectivity index (χ0n) is 16.1. The molecule has 0 radical (unpaired) electrons. The summed E-state index contributed by atoms with van der Waals surface area (Å²) in [5.41, 5.74) is 8.26. The van der Waals surface area contributed by atoms with E-state index in [0.29, 0.717) is 5.57 Å². The van der Waals surface area contributed by atoms with Crippen molar-refractivity contribution in [2.75, 3.05) is 0 Å². The summed E-state index contributed by atoms with van der Waals surface area (Å²) in [6, 6.07) is 14.7. The maximum Gasteiger partial charge on any atom is 0.191 e. The molecule has 2 aliphatic carbocycles. The van der Waals surface area contributed by atoms with Gasteiger partial charge >= 0.3 is 0 Å². The van der Waals surface area contributed by atoms with E-state index in [4.69, 9.17) is 5.73 Å². The van der Waals surface area contributed by atoms with Crippen LogP contribution < -0.4 is 5.73 Å². The van der Waals surface area contributed by atoms with Crippen molar-refractivity contribution < 1.29 is 0 Å². The van der Waals surface area contributed by atoms with E-state index in [1.807, 2.05) is 12.1 Å². The first-order valence-electron chi connectivity index (χ1n) is 9.34. The van der Waals surface area contributed by atoms with Gasteiger partial charge in [-0.05, 0) is 47.3 Å². The lowest BCUT2D eigenvalue weighted by Gasteiger charge is -2.43. The van der Waals surface area contributed by atoms with Crippen LogP contribution in [0.1, 0.15) is 57.1 Å². The van der Waals surface area contributed by atoms with E-state index >= 15 is 0 Å². The van der Waals surface area contributed by atoms with Gasteiger partial charge in [-0.15, -0.1) is 0 Å². The van der Waals surface area contributed by atoms with Gasteiger partial charge in [0.15, 0.2) is 5.41 Å².